The lowest BCUT2D eigenvalue weighted by Crippen LogP contribution is -2.29. The molecular weight excluding hydrogens is 112 g/mol. The molecule has 0 aliphatic heterocycles. The van der Waals surface area contributed by atoms with Gasteiger partial charge in [0.25, 0.3) is 0 Å². The molecule has 0 fully saturated rings. The van der Waals surface area contributed by atoms with E-state index in [9.17, 15) is 5.11 Å². The molecule has 0 rings (SSSR count). The van der Waals surface area contributed by atoms with Crippen LogP contribution in [0.15, 0.2) is 12.7 Å². The quantitative estimate of drug-likeness (QED) is 0.576. The molecule has 0 aromatic heterocycles. The Morgan fingerprint density at radius 1 is 1.67 bits per heavy atom. The van der Waals surface area contributed by atoms with Gasteiger partial charge in [-0.1, -0.05) is 19.9 Å². The second-order valence-corrected chi connectivity index (χ2v) is 3.00. The van der Waals surface area contributed by atoms with Crippen LogP contribution in [0.25, 0.3) is 0 Å². The molecule has 0 saturated heterocycles. The summed E-state index contributed by atoms with van der Waals surface area (Å²) >= 11 is 0. The Kier molecular flexibility index (Phi) is 2.92. The molecule has 1 N–H and O–H groups in total. The minimum absolute atomic E-state index is 0.301. The molecule has 1 nitrogen and oxygen atoms in total. The van der Waals surface area contributed by atoms with E-state index in [1.165, 1.54) is 0 Å². The first-order valence-corrected chi connectivity index (χ1v) is 3.34. The van der Waals surface area contributed by atoms with Crippen LogP contribution < -0.4 is 0 Å². The van der Waals surface area contributed by atoms with Crippen LogP contribution in [0.2, 0.25) is 0 Å². The molecule has 9 heavy (non-hydrogen) atoms. The van der Waals surface area contributed by atoms with Crippen molar-refractivity contribution in [2.45, 2.75) is 32.8 Å². The van der Waals surface area contributed by atoms with E-state index >= 15 is 0 Å². The fourth-order valence-electron chi connectivity index (χ4n) is 0.528. The first kappa shape index (κ1) is 8.70. The molecule has 1 heteroatoms. The monoisotopic (exact) mass is 128 g/mol. The van der Waals surface area contributed by atoms with Crippen molar-refractivity contribution >= 4 is 0 Å². The topological polar surface area (TPSA) is 20.2 Å². The summed E-state index contributed by atoms with van der Waals surface area (Å²) in [5, 5.41) is 9.52. The number of hydrogen-bond donors (Lipinski definition) is 1. The summed E-state index contributed by atoms with van der Waals surface area (Å²) in [6.45, 7) is 9.41. The Labute approximate surface area is 57.4 Å². The molecule has 1 unspecified atom stereocenters. The van der Waals surface area contributed by atoms with E-state index < -0.39 is 5.60 Å². The molecule has 0 spiro atoms. The predicted molar refractivity (Wildman–Crippen MR) is 40.3 cm³/mol. The average Bonchev–Trinajstić information content (AvgIpc) is 1.65. The number of hydrogen-bond acceptors (Lipinski definition) is 1. The van der Waals surface area contributed by atoms with Crippen molar-refractivity contribution in [3.63, 3.8) is 0 Å². The molecule has 54 valence electrons. The van der Waals surface area contributed by atoms with Crippen molar-refractivity contribution in [2.24, 2.45) is 5.92 Å². The fourth-order valence-corrected chi connectivity index (χ4v) is 0.528. The maximum absolute atomic E-state index is 9.52. The van der Waals surface area contributed by atoms with Gasteiger partial charge in [0, 0.05) is 0 Å². The van der Waals surface area contributed by atoms with Gasteiger partial charge in [0.1, 0.15) is 0 Å². The highest BCUT2D eigenvalue weighted by atomic mass is 16.3. The van der Waals surface area contributed by atoms with E-state index in [4.69, 9.17) is 0 Å². The van der Waals surface area contributed by atoms with E-state index in [0.29, 0.717) is 12.3 Å². The lowest BCUT2D eigenvalue weighted by atomic mass is 9.89. The van der Waals surface area contributed by atoms with Gasteiger partial charge in [0.05, 0.1) is 5.60 Å². The Morgan fingerprint density at radius 2 is 2.11 bits per heavy atom. The first-order chi connectivity index (χ1) is 4.00. The standard InChI is InChI=1S/C8H16O/c1-5-6-8(4,9)7(2)3/h5,7,9H,1,6H2,2-4H3. The zero-order valence-electron chi connectivity index (χ0n) is 6.52. The van der Waals surface area contributed by atoms with E-state index in [2.05, 4.69) is 6.58 Å². The van der Waals surface area contributed by atoms with Crippen molar-refractivity contribution in [1.82, 2.24) is 0 Å². The molecule has 0 aromatic rings. The molecule has 0 amide bonds. The maximum atomic E-state index is 9.52. The van der Waals surface area contributed by atoms with Crippen molar-refractivity contribution in [2.75, 3.05) is 0 Å². The van der Waals surface area contributed by atoms with Gasteiger partial charge in [-0.05, 0) is 19.3 Å². The van der Waals surface area contributed by atoms with E-state index in [1.807, 2.05) is 20.8 Å². The van der Waals surface area contributed by atoms with Crippen LogP contribution in [-0.2, 0) is 0 Å². The highest BCUT2D eigenvalue weighted by molar-refractivity contribution is 4.84. The molecule has 0 saturated carbocycles. The zero-order chi connectivity index (χ0) is 7.49. The third-order valence-electron chi connectivity index (χ3n) is 1.80. The largest absolute Gasteiger partial charge is 0.390 e. The second kappa shape index (κ2) is 3.02. The minimum atomic E-state index is -0.568. The van der Waals surface area contributed by atoms with Gasteiger partial charge in [0.15, 0.2) is 0 Å². The van der Waals surface area contributed by atoms with Crippen molar-refractivity contribution in [3.05, 3.63) is 12.7 Å². The normalized spacial score (nSPS) is 17.4. The Bertz CT molecular complexity index is 92.7. The SMILES string of the molecule is C=CCC(C)(O)C(C)C. The highest BCUT2D eigenvalue weighted by Crippen LogP contribution is 2.19. The third-order valence-corrected chi connectivity index (χ3v) is 1.80. The van der Waals surface area contributed by atoms with Gasteiger partial charge < -0.3 is 5.11 Å². The van der Waals surface area contributed by atoms with E-state index in [1.54, 1.807) is 6.08 Å². The van der Waals surface area contributed by atoms with Gasteiger partial charge in [-0.2, -0.15) is 0 Å². The number of rotatable bonds is 3. The zero-order valence-corrected chi connectivity index (χ0v) is 6.52. The van der Waals surface area contributed by atoms with Crippen LogP contribution in [0.3, 0.4) is 0 Å². The predicted octanol–water partition coefficient (Wildman–Crippen LogP) is 1.97. The van der Waals surface area contributed by atoms with Crippen molar-refractivity contribution < 1.29 is 5.11 Å². The van der Waals surface area contributed by atoms with Crippen molar-refractivity contribution in [1.29, 1.82) is 0 Å². The van der Waals surface area contributed by atoms with Crippen LogP contribution in [0.5, 0.6) is 0 Å². The van der Waals surface area contributed by atoms with Gasteiger partial charge in [-0.3, -0.25) is 0 Å². The number of aliphatic hydroxyl groups is 1. The molecule has 1 atom stereocenters. The summed E-state index contributed by atoms with van der Waals surface area (Å²) in [6, 6.07) is 0. The van der Waals surface area contributed by atoms with Crippen LogP contribution in [-0.4, -0.2) is 10.7 Å². The van der Waals surface area contributed by atoms with Gasteiger partial charge in [-0.25, -0.2) is 0 Å². The summed E-state index contributed by atoms with van der Waals surface area (Å²) in [5.74, 6) is 0.301. The molecule has 0 aliphatic carbocycles. The molecule has 0 radical (unpaired) electrons. The maximum Gasteiger partial charge on any atom is 0.0676 e. The molecular formula is C8H16O. The Balaban J connectivity index is 3.84. The smallest absolute Gasteiger partial charge is 0.0676 e. The first-order valence-electron chi connectivity index (χ1n) is 3.34. The molecule has 0 aliphatic rings. The van der Waals surface area contributed by atoms with Gasteiger partial charge in [-0.15, -0.1) is 6.58 Å². The van der Waals surface area contributed by atoms with Gasteiger partial charge >= 0.3 is 0 Å². The van der Waals surface area contributed by atoms with Crippen LogP contribution in [0.4, 0.5) is 0 Å². The van der Waals surface area contributed by atoms with Crippen LogP contribution >= 0.6 is 0 Å². The van der Waals surface area contributed by atoms with Crippen LogP contribution in [0.1, 0.15) is 27.2 Å². The average molecular weight is 128 g/mol. The summed E-state index contributed by atoms with van der Waals surface area (Å²) in [7, 11) is 0. The third kappa shape index (κ3) is 2.66. The lowest BCUT2D eigenvalue weighted by Gasteiger charge is -2.25. The van der Waals surface area contributed by atoms with Crippen LogP contribution in [0, 0.1) is 5.92 Å². The molecule has 0 heterocycles. The summed E-state index contributed by atoms with van der Waals surface area (Å²) < 4.78 is 0. The minimum Gasteiger partial charge on any atom is -0.390 e. The molecule has 0 bridgehead atoms. The fraction of sp³-hybridized carbons (Fsp3) is 0.750. The van der Waals surface area contributed by atoms with E-state index in [-0.39, 0.29) is 0 Å². The highest BCUT2D eigenvalue weighted by Gasteiger charge is 2.22. The summed E-state index contributed by atoms with van der Waals surface area (Å²) in [4.78, 5) is 0. The van der Waals surface area contributed by atoms with Gasteiger partial charge in [0.2, 0.25) is 0 Å². The lowest BCUT2D eigenvalue weighted by molar-refractivity contribution is 0.0166. The second-order valence-electron chi connectivity index (χ2n) is 3.00. The summed E-state index contributed by atoms with van der Waals surface area (Å²) in [6.07, 6.45) is 2.42. The van der Waals surface area contributed by atoms with E-state index in [0.717, 1.165) is 0 Å². The molecule has 0 aromatic carbocycles. The Morgan fingerprint density at radius 3 is 2.22 bits per heavy atom. The van der Waals surface area contributed by atoms with Crippen molar-refractivity contribution in [3.8, 4) is 0 Å². The Hall–Kier alpha value is -0.300. The summed E-state index contributed by atoms with van der Waals surface area (Å²) in [5.41, 5.74) is -0.568.